The lowest BCUT2D eigenvalue weighted by atomic mass is 10.0. The lowest BCUT2D eigenvalue weighted by Crippen LogP contribution is -2.19. The Morgan fingerprint density at radius 1 is 1.00 bits per heavy atom. The van der Waals surface area contributed by atoms with Gasteiger partial charge in [0.2, 0.25) is 0 Å². The largest absolute Gasteiger partial charge is 0.423 e. The van der Waals surface area contributed by atoms with Gasteiger partial charge in [-0.1, -0.05) is 26.0 Å². The second-order valence-corrected chi connectivity index (χ2v) is 6.72. The zero-order valence-electron chi connectivity index (χ0n) is 14.4. The van der Waals surface area contributed by atoms with Crippen molar-refractivity contribution >= 4 is 39.7 Å². The summed E-state index contributed by atoms with van der Waals surface area (Å²) in [5, 5.41) is 7.66. The van der Waals surface area contributed by atoms with Crippen LogP contribution < -0.4 is 16.3 Å². The normalized spacial score (nSPS) is 10.9. The van der Waals surface area contributed by atoms with E-state index >= 15 is 0 Å². The van der Waals surface area contributed by atoms with E-state index in [1.54, 1.807) is 6.07 Å². The molecule has 0 radical (unpaired) electrons. The fraction of sp³-hybridized carbons (Fsp3) is 0.200. The lowest BCUT2D eigenvalue weighted by molar-refractivity contribution is 0.560. The van der Waals surface area contributed by atoms with Gasteiger partial charge in [-0.3, -0.25) is 0 Å². The third-order valence-electron chi connectivity index (χ3n) is 4.04. The van der Waals surface area contributed by atoms with Crippen molar-refractivity contribution in [2.45, 2.75) is 26.7 Å². The predicted molar refractivity (Wildman–Crippen MR) is 108 cm³/mol. The third-order valence-corrected chi connectivity index (χ3v) is 4.25. The minimum atomic E-state index is -0.354. The Hall–Kier alpha value is -2.66. The van der Waals surface area contributed by atoms with E-state index in [0.29, 0.717) is 16.6 Å². The Balaban J connectivity index is 1.74. The van der Waals surface area contributed by atoms with E-state index in [0.717, 1.165) is 22.3 Å². The van der Waals surface area contributed by atoms with E-state index in [1.807, 2.05) is 31.2 Å². The summed E-state index contributed by atoms with van der Waals surface area (Å²) in [6.07, 6.45) is 0. The molecule has 0 fully saturated rings. The second kappa shape index (κ2) is 7.07. The number of fused-ring (bicyclic) bond motifs is 1. The summed E-state index contributed by atoms with van der Waals surface area (Å²) in [5.74, 6) is 0.495. The number of anilines is 2. The highest BCUT2D eigenvalue weighted by Gasteiger charge is 2.05. The predicted octanol–water partition coefficient (Wildman–Crippen LogP) is 5.03. The number of hydrogen-bond donors (Lipinski definition) is 2. The van der Waals surface area contributed by atoms with Crippen LogP contribution in [0.4, 0.5) is 11.4 Å². The Morgan fingerprint density at radius 2 is 1.64 bits per heavy atom. The fourth-order valence-electron chi connectivity index (χ4n) is 2.65. The number of benzene rings is 2. The zero-order chi connectivity index (χ0) is 18.0. The molecule has 4 nitrogen and oxygen atoms in total. The van der Waals surface area contributed by atoms with Crippen LogP contribution in [0.1, 0.15) is 30.9 Å². The quantitative estimate of drug-likeness (QED) is 0.511. The van der Waals surface area contributed by atoms with Gasteiger partial charge in [-0.15, -0.1) is 0 Å². The average Bonchev–Trinajstić information content (AvgIpc) is 2.54. The summed E-state index contributed by atoms with van der Waals surface area (Å²) in [5.41, 5.74) is 4.04. The second-order valence-electron chi connectivity index (χ2n) is 6.32. The third kappa shape index (κ3) is 4.06. The average molecular weight is 352 g/mol. The van der Waals surface area contributed by atoms with E-state index in [1.165, 1.54) is 11.6 Å². The summed E-state index contributed by atoms with van der Waals surface area (Å²) >= 11 is 5.36. The summed E-state index contributed by atoms with van der Waals surface area (Å²) in [7, 11) is 0. The standard InChI is InChI=1S/C20H20N2O2S/c1-12(2)14-4-6-15(7-5-14)21-20(25)22-16-8-9-17-13(3)10-19(23)24-18(17)11-16/h4-12H,1-3H3,(H2,21,22,25). The minimum absolute atomic E-state index is 0.354. The molecule has 0 aliphatic carbocycles. The van der Waals surface area contributed by atoms with Crippen LogP contribution in [0.3, 0.4) is 0 Å². The van der Waals surface area contributed by atoms with Gasteiger partial charge in [0.05, 0.1) is 0 Å². The molecule has 0 spiro atoms. The minimum Gasteiger partial charge on any atom is -0.423 e. The maximum atomic E-state index is 11.5. The van der Waals surface area contributed by atoms with Crippen molar-refractivity contribution in [2.75, 3.05) is 10.6 Å². The highest BCUT2D eigenvalue weighted by atomic mass is 32.1. The molecule has 128 valence electrons. The fourth-order valence-corrected chi connectivity index (χ4v) is 2.88. The zero-order valence-corrected chi connectivity index (χ0v) is 15.2. The molecular weight excluding hydrogens is 332 g/mol. The Bertz CT molecular complexity index is 975. The molecule has 0 atom stereocenters. The molecule has 1 aromatic heterocycles. The molecule has 3 rings (SSSR count). The maximum absolute atomic E-state index is 11.5. The van der Waals surface area contributed by atoms with Crippen molar-refractivity contribution in [1.82, 2.24) is 0 Å². The van der Waals surface area contributed by atoms with Crippen molar-refractivity contribution in [2.24, 2.45) is 0 Å². The molecule has 0 saturated heterocycles. The Morgan fingerprint density at radius 3 is 2.32 bits per heavy atom. The van der Waals surface area contributed by atoms with Gasteiger partial charge < -0.3 is 15.1 Å². The van der Waals surface area contributed by atoms with Gasteiger partial charge >= 0.3 is 5.63 Å². The monoisotopic (exact) mass is 352 g/mol. The van der Waals surface area contributed by atoms with Gasteiger partial charge in [0, 0.05) is 28.9 Å². The van der Waals surface area contributed by atoms with Crippen LogP contribution in [0.5, 0.6) is 0 Å². The van der Waals surface area contributed by atoms with Gasteiger partial charge in [-0.25, -0.2) is 4.79 Å². The molecule has 0 saturated carbocycles. The van der Waals surface area contributed by atoms with Gasteiger partial charge in [0.15, 0.2) is 5.11 Å². The maximum Gasteiger partial charge on any atom is 0.336 e. The first-order valence-corrected chi connectivity index (χ1v) is 8.55. The van der Waals surface area contributed by atoms with Crippen molar-refractivity contribution < 1.29 is 4.42 Å². The molecular formula is C20H20N2O2S. The van der Waals surface area contributed by atoms with Crippen LogP contribution >= 0.6 is 12.2 Å². The number of nitrogens with one attached hydrogen (secondary N) is 2. The van der Waals surface area contributed by atoms with E-state index in [9.17, 15) is 4.79 Å². The van der Waals surface area contributed by atoms with Gasteiger partial charge in [0.25, 0.3) is 0 Å². The van der Waals surface area contributed by atoms with Gasteiger partial charge in [-0.05, 0) is 60.5 Å². The Kier molecular flexibility index (Phi) is 4.86. The van der Waals surface area contributed by atoms with Crippen LogP contribution in [0.15, 0.2) is 57.7 Å². The molecule has 1 heterocycles. The molecule has 3 aromatic rings. The first kappa shape index (κ1) is 17.2. The first-order chi connectivity index (χ1) is 11.9. The molecule has 2 aromatic carbocycles. The summed E-state index contributed by atoms with van der Waals surface area (Å²) in [6, 6.07) is 15.3. The van der Waals surface area contributed by atoms with Crippen LogP contribution in [0.2, 0.25) is 0 Å². The van der Waals surface area contributed by atoms with E-state index in [4.69, 9.17) is 16.6 Å². The van der Waals surface area contributed by atoms with Crippen LogP contribution in [0.25, 0.3) is 11.0 Å². The molecule has 0 bridgehead atoms. The summed E-state index contributed by atoms with van der Waals surface area (Å²) in [6.45, 7) is 6.21. The molecule has 0 unspecified atom stereocenters. The van der Waals surface area contributed by atoms with Gasteiger partial charge in [-0.2, -0.15) is 0 Å². The molecule has 0 aliphatic rings. The van der Waals surface area contributed by atoms with E-state index in [-0.39, 0.29) is 5.63 Å². The summed E-state index contributed by atoms with van der Waals surface area (Å²) < 4.78 is 5.26. The Labute approximate surface area is 151 Å². The van der Waals surface area contributed by atoms with Crippen LogP contribution in [-0.2, 0) is 0 Å². The highest BCUT2D eigenvalue weighted by Crippen LogP contribution is 2.21. The van der Waals surface area contributed by atoms with Crippen molar-refractivity contribution in [3.05, 3.63) is 70.1 Å². The number of rotatable bonds is 3. The molecule has 2 N–H and O–H groups in total. The summed E-state index contributed by atoms with van der Waals surface area (Å²) in [4.78, 5) is 11.5. The number of aryl methyl sites for hydroxylation is 1. The smallest absolute Gasteiger partial charge is 0.336 e. The van der Waals surface area contributed by atoms with Crippen LogP contribution in [0, 0.1) is 6.92 Å². The molecule has 0 amide bonds. The van der Waals surface area contributed by atoms with E-state index in [2.05, 4.69) is 36.6 Å². The lowest BCUT2D eigenvalue weighted by Gasteiger charge is -2.12. The van der Waals surface area contributed by atoms with Crippen molar-refractivity contribution in [3.63, 3.8) is 0 Å². The topological polar surface area (TPSA) is 54.3 Å². The number of thiocarbonyl (C=S) groups is 1. The van der Waals surface area contributed by atoms with Crippen molar-refractivity contribution in [1.29, 1.82) is 0 Å². The van der Waals surface area contributed by atoms with Crippen molar-refractivity contribution in [3.8, 4) is 0 Å². The van der Waals surface area contributed by atoms with Crippen LogP contribution in [-0.4, -0.2) is 5.11 Å². The first-order valence-electron chi connectivity index (χ1n) is 8.15. The van der Waals surface area contributed by atoms with E-state index < -0.39 is 0 Å². The SMILES string of the molecule is Cc1cc(=O)oc2cc(NC(=S)Nc3ccc(C(C)C)cc3)ccc12. The molecule has 5 heteroatoms. The molecule has 0 aliphatic heterocycles. The molecule has 25 heavy (non-hydrogen) atoms. The van der Waals surface area contributed by atoms with Gasteiger partial charge in [0.1, 0.15) is 5.58 Å². The number of hydrogen-bond acceptors (Lipinski definition) is 3. The highest BCUT2D eigenvalue weighted by molar-refractivity contribution is 7.80.